The molecule has 1 aromatic carbocycles. The van der Waals surface area contributed by atoms with Crippen LogP contribution in [0.5, 0.6) is 0 Å². The van der Waals surface area contributed by atoms with Crippen molar-refractivity contribution in [3.05, 3.63) is 40.9 Å². The van der Waals surface area contributed by atoms with Gasteiger partial charge in [-0.1, -0.05) is 6.08 Å². The Morgan fingerprint density at radius 3 is 2.75 bits per heavy atom. The van der Waals surface area contributed by atoms with Crippen LogP contribution in [-0.4, -0.2) is 26.9 Å². The first kappa shape index (κ1) is 15.2. The van der Waals surface area contributed by atoms with E-state index in [1.807, 2.05) is 0 Å². The number of benzene rings is 1. The Morgan fingerprint density at radius 1 is 1.45 bits per heavy atom. The summed E-state index contributed by atoms with van der Waals surface area (Å²) in [6.07, 6.45) is 3.28. The third-order valence-corrected chi connectivity index (χ3v) is 5.01. The maximum atomic E-state index is 12.1. The van der Waals surface area contributed by atoms with E-state index in [0.29, 0.717) is 11.0 Å². The van der Waals surface area contributed by atoms with Crippen LogP contribution in [0, 0.1) is 0 Å². The molecule has 0 saturated heterocycles. The van der Waals surface area contributed by atoms with Crippen molar-refractivity contribution in [2.45, 2.75) is 23.8 Å². The average Bonchev–Trinajstić information content (AvgIpc) is 3.19. The molecule has 2 rings (SSSR count). The van der Waals surface area contributed by atoms with Crippen molar-refractivity contribution in [1.29, 1.82) is 0 Å². The molecule has 0 spiro atoms. The Kier molecular flexibility index (Phi) is 4.62. The van der Waals surface area contributed by atoms with Crippen molar-refractivity contribution < 1.29 is 13.2 Å². The first-order valence-electron chi connectivity index (χ1n) is 6.15. The predicted molar refractivity (Wildman–Crippen MR) is 80.0 cm³/mol. The van der Waals surface area contributed by atoms with Gasteiger partial charge in [0.15, 0.2) is 0 Å². The van der Waals surface area contributed by atoms with Gasteiger partial charge in [-0.05, 0) is 47.0 Å². The van der Waals surface area contributed by atoms with E-state index in [-0.39, 0.29) is 22.4 Å². The second-order valence-electron chi connectivity index (χ2n) is 4.54. The fourth-order valence-electron chi connectivity index (χ4n) is 1.59. The number of hydrogen-bond acceptors (Lipinski definition) is 3. The molecule has 1 aliphatic carbocycles. The summed E-state index contributed by atoms with van der Waals surface area (Å²) in [6.45, 7) is 3.83. The van der Waals surface area contributed by atoms with Gasteiger partial charge < -0.3 is 5.32 Å². The zero-order valence-electron chi connectivity index (χ0n) is 10.7. The van der Waals surface area contributed by atoms with Gasteiger partial charge in [-0.3, -0.25) is 4.79 Å². The predicted octanol–water partition coefficient (Wildman–Crippen LogP) is 1.81. The van der Waals surface area contributed by atoms with E-state index in [2.05, 4.69) is 32.5 Å². The van der Waals surface area contributed by atoms with Crippen LogP contribution >= 0.6 is 15.9 Å². The van der Waals surface area contributed by atoms with Gasteiger partial charge in [0.05, 0.1) is 10.5 Å². The lowest BCUT2D eigenvalue weighted by Gasteiger charge is -2.09. The summed E-state index contributed by atoms with van der Waals surface area (Å²) in [5, 5.41) is 2.62. The maximum Gasteiger partial charge on any atom is 0.252 e. The molecule has 0 atom stereocenters. The molecular weight excluding hydrogens is 344 g/mol. The second kappa shape index (κ2) is 6.07. The first-order chi connectivity index (χ1) is 9.44. The third-order valence-electron chi connectivity index (χ3n) is 2.80. The normalized spacial score (nSPS) is 14.8. The number of hydrogen-bond donors (Lipinski definition) is 2. The molecule has 1 aliphatic rings. The summed E-state index contributed by atoms with van der Waals surface area (Å²) >= 11 is 3.25. The molecule has 108 valence electrons. The van der Waals surface area contributed by atoms with Crippen molar-refractivity contribution in [3.63, 3.8) is 0 Å². The van der Waals surface area contributed by atoms with E-state index in [4.69, 9.17) is 0 Å². The average molecular weight is 359 g/mol. The monoisotopic (exact) mass is 358 g/mol. The SMILES string of the molecule is C=CCNC(=O)c1cc(S(=O)(=O)NC2CC2)ccc1Br. The molecule has 1 aromatic rings. The molecular formula is C13H15BrN2O3S. The van der Waals surface area contributed by atoms with Gasteiger partial charge in [0.1, 0.15) is 0 Å². The maximum absolute atomic E-state index is 12.1. The Bertz CT molecular complexity index is 639. The van der Waals surface area contributed by atoms with Crippen molar-refractivity contribution >= 4 is 31.9 Å². The second-order valence-corrected chi connectivity index (χ2v) is 7.10. The quantitative estimate of drug-likeness (QED) is 0.761. The number of rotatable bonds is 6. The van der Waals surface area contributed by atoms with Crippen LogP contribution < -0.4 is 10.0 Å². The van der Waals surface area contributed by atoms with Gasteiger partial charge in [-0.25, -0.2) is 13.1 Å². The fourth-order valence-corrected chi connectivity index (χ4v) is 3.35. The Hall–Kier alpha value is -1.18. The lowest BCUT2D eigenvalue weighted by molar-refractivity contribution is 0.0957. The van der Waals surface area contributed by atoms with E-state index in [1.54, 1.807) is 12.1 Å². The van der Waals surface area contributed by atoms with Crippen molar-refractivity contribution in [1.82, 2.24) is 10.0 Å². The van der Waals surface area contributed by atoms with Crippen LogP contribution in [0.3, 0.4) is 0 Å². The minimum absolute atomic E-state index is 0.0293. The fraction of sp³-hybridized carbons (Fsp3) is 0.308. The Balaban J connectivity index is 2.27. The van der Waals surface area contributed by atoms with Gasteiger partial charge in [0.2, 0.25) is 10.0 Å². The topological polar surface area (TPSA) is 75.3 Å². The van der Waals surface area contributed by atoms with E-state index in [9.17, 15) is 13.2 Å². The van der Waals surface area contributed by atoms with Crippen LogP contribution in [0.2, 0.25) is 0 Å². The molecule has 0 aliphatic heterocycles. The van der Waals surface area contributed by atoms with Gasteiger partial charge in [0, 0.05) is 17.1 Å². The van der Waals surface area contributed by atoms with E-state index in [1.165, 1.54) is 12.1 Å². The zero-order chi connectivity index (χ0) is 14.8. The summed E-state index contributed by atoms with van der Waals surface area (Å²) in [6, 6.07) is 4.43. The molecule has 0 heterocycles. The molecule has 7 heteroatoms. The highest BCUT2D eigenvalue weighted by molar-refractivity contribution is 9.10. The van der Waals surface area contributed by atoms with Gasteiger partial charge in [0.25, 0.3) is 5.91 Å². The molecule has 1 amide bonds. The Morgan fingerprint density at radius 2 is 2.15 bits per heavy atom. The molecule has 5 nitrogen and oxygen atoms in total. The zero-order valence-corrected chi connectivity index (χ0v) is 13.1. The van der Waals surface area contributed by atoms with Crippen LogP contribution in [0.4, 0.5) is 0 Å². The van der Waals surface area contributed by atoms with E-state index in [0.717, 1.165) is 12.8 Å². The molecule has 1 saturated carbocycles. The molecule has 1 fully saturated rings. The molecule has 20 heavy (non-hydrogen) atoms. The van der Waals surface area contributed by atoms with Gasteiger partial charge >= 0.3 is 0 Å². The number of carbonyl (C=O) groups is 1. The summed E-state index contributed by atoms with van der Waals surface area (Å²) < 4.78 is 27.3. The lowest BCUT2D eigenvalue weighted by atomic mass is 10.2. The van der Waals surface area contributed by atoms with Gasteiger partial charge in [-0.2, -0.15) is 0 Å². The highest BCUT2D eigenvalue weighted by Crippen LogP contribution is 2.25. The third kappa shape index (κ3) is 3.68. The van der Waals surface area contributed by atoms with E-state index < -0.39 is 10.0 Å². The van der Waals surface area contributed by atoms with Crippen LogP contribution in [0.1, 0.15) is 23.2 Å². The summed E-state index contributed by atoms with van der Waals surface area (Å²) in [5.74, 6) is -0.347. The molecule has 2 N–H and O–H groups in total. The summed E-state index contributed by atoms with van der Waals surface area (Å²) in [4.78, 5) is 12.0. The largest absolute Gasteiger partial charge is 0.349 e. The number of amides is 1. The highest BCUT2D eigenvalue weighted by atomic mass is 79.9. The van der Waals surface area contributed by atoms with Crippen molar-refractivity contribution in [2.24, 2.45) is 0 Å². The smallest absolute Gasteiger partial charge is 0.252 e. The summed E-state index contributed by atoms with van der Waals surface area (Å²) in [7, 11) is -3.56. The molecule has 0 radical (unpaired) electrons. The summed E-state index contributed by atoms with van der Waals surface area (Å²) in [5.41, 5.74) is 0.283. The van der Waals surface area contributed by atoms with Crippen LogP contribution in [0.25, 0.3) is 0 Å². The standard InChI is InChI=1S/C13H15BrN2O3S/c1-2-7-15-13(17)11-8-10(5-6-12(11)14)20(18,19)16-9-3-4-9/h2,5-6,8-9,16H,1,3-4,7H2,(H,15,17). The number of halogens is 1. The first-order valence-corrected chi connectivity index (χ1v) is 8.42. The molecule has 0 bridgehead atoms. The van der Waals surface area contributed by atoms with Crippen LogP contribution in [0.15, 0.2) is 40.2 Å². The Labute approximate surface area is 126 Å². The number of sulfonamides is 1. The minimum Gasteiger partial charge on any atom is -0.349 e. The lowest BCUT2D eigenvalue weighted by Crippen LogP contribution is -2.27. The minimum atomic E-state index is -3.56. The van der Waals surface area contributed by atoms with Gasteiger partial charge in [-0.15, -0.1) is 6.58 Å². The van der Waals surface area contributed by atoms with Crippen molar-refractivity contribution in [3.8, 4) is 0 Å². The van der Waals surface area contributed by atoms with E-state index >= 15 is 0 Å². The molecule has 0 unspecified atom stereocenters. The molecule has 0 aromatic heterocycles. The highest BCUT2D eigenvalue weighted by Gasteiger charge is 2.28. The number of carbonyl (C=O) groups excluding carboxylic acids is 1. The van der Waals surface area contributed by atoms with Crippen molar-refractivity contribution in [2.75, 3.05) is 6.54 Å². The number of nitrogens with one attached hydrogen (secondary N) is 2. The van der Waals surface area contributed by atoms with Crippen LogP contribution in [-0.2, 0) is 10.0 Å².